The van der Waals surface area contributed by atoms with Gasteiger partial charge in [-0.1, -0.05) is 42.0 Å². The summed E-state index contributed by atoms with van der Waals surface area (Å²) in [6, 6.07) is 13.9. The molecule has 0 bridgehead atoms. The average Bonchev–Trinajstić information content (AvgIpc) is 2.40. The average molecular weight is 254 g/mol. The molecule has 0 saturated carbocycles. The second kappa shape index (κ2) is 5.70. The number of hydrogen-bond donors (Lipinski definition) is 0. The molecule has 2 rings (SSSR count). The van der Waals surface area contributed by atoms with Crippen LogP contribution >= 0.6 is 0 Å². The number of ether oxygens (including phenoxy) is 1. The van der Waals surface area contributed by atoms with Crippen molar-refractivity contribution in [1.82, 2.24) is 0 Å². The van der Waals surface area contributed by atoms with E-state index in [0.717, 1.165) is 11.1 Å². The van der Waals surface area contributed by atoms with Gasteiger partial charge in [-0.15, -0.1) is 0 Å². The van der Waals surface area contributed by atoms with Gasteiger partial charge >= 0.3 is 0 Å². The van der Waals surface area contributed by atoms with E-state index in [9.17, 15) is 4.79 Å². The Hall–Kier alpha value is -2.09. The molecule has 0 heterocycles. The highest BCUT2D eigenvalue weighted by Crippen LogP contribution is 2.33. The van der Waals surface area contributed by atoms with Crippen molar-refractivity contribution in [3.8, 4) is 16.9 Å². The van der Waals surface area contributed by atoms with E-state index in [1.165, 1.54) is 5.56 Å². The molecule has 2 aromatic carbocycles. The van der Waals surface area contributed by atoms with Crippen LogP contribution in [-0.2, 0) is 0 Å². The van der Waals surface area contributed by atoms with E-state index >= 15 is 0 Å². The van der Waals surface area contributed by atoms with Crippen LogP contribution in [0.5, 0.6) is 5.75 Å². The lowest BCUT2D eigenvalue weighted by molar-refractivity contribution is 0.101. The van der Waals surface area contributed by atoms with Crippen LogP contribution in [0.1, 0.15) is 29.8 Å². The van der Waals surface area contributed by atoms with Crippen molar-refractivity contribution in [1.29, 1.82) is 0 Å². The Balaban J connectivity index is 2.58. The van der Waals surface area contributed by atoms with Crippen LogP contribution in [0, 0.1) is 6.92 Å². The maximum Gasteiger partial charge on any atom is 0.163 e. The second-order valence-electron chi connectivity index (χ2n) is 4.54. The van der Waals surface area contributed by atoms with E-state index in [2.05, 4.69) is 31.2 Å². The third-order valence-electron chi connectivity index (χ3n) is 3.05. The number of aryl methyl sites for hydroxylation is 1. The van der Waals surface area contributed by atoms with Gasteiger partial charge in [0.15, 0.2) is 5.78 Å². The summed E-state index contributed by atoms with van der Waals surface area (Å²) in [6.07, 6.45) is 0. The molecule has 0 saturated heterocycles. The first-order chi connectivity index (χ1) is 9.13. The van der Waals surface area contributed by atoms with Crippen LogP contribution in [0.15, 0.2) is 42.5 Å². The van der Waals surface area contributed by atoms with E-state index in [-0.39, 0.29) is 5.78 Å². The van der Waals surface area contributed by atoms with Crippen LogP contribution in [0.25, 0.3) is 11.1 Å². The van der Waals surface area contributed by atoms with Crippen LogP contribution in [0.3, 0.4) is 0 Å². The fraction of sp³-hybridized carbons (Fsp3) is 0.235. The van der Waals surface area contributed by atoms with Gasteiger partial charge in [0.2, 0.25) is 0 Å². The first kappa shape index (κ1) is 13.3. The van der Waals surface area contributed by atoms with Crippen molar-refractivity contribution in [3.05, 3.63) is 53.6 Å². The third kappa shape index (κ3) is 2.84. The van der Waals surface area contributed by atoms with Crippen LogP contribution in [0.4, 0.5) is 0 Å². The molecule has 98 valence electrons. The highest BCUT2D eigenvalue weighted by molar-refractivity contribution is 5.99. The summed E-state index contributed by atoms with van der Waals surface area (Å²) in [6.45, 7) is 6.09. The molecule has 0 unspecified atom stereocenters. The van der Waals surface area contributed by atoms with Crippen molar-refractivity contribution in [2.45, 2.75) is 20.8 Å². The summed E-state index contributed by atoms with van der Waals surface area (Å²) in [5.41, 5.74) is 3.89. The maximum atomic E-state index is 11.7. The fourth-order valence-corrected chi connectivity index (χ4v) is 2.07. The molecule has 2 aromatic rings. The molecule has 2 heteroatoms. The van der Waals surface area contributed by atoms with Gasteiger partial charge < -0.3 is 4.74 Å². The Labute approximate surface area is 114 Å². The predicted molar refractivity (Wildman–Crippen MR) is 77.8 cm³/mol. The summed E-state index contributed by atoms with van der Waals surface area (Å²) < 4.78 is 5.69. The lowest BCUT2D eigenvalue weighted by atomic mass is 9.99. The minimum Gasteiger partial charge on any atom is -0.492 e. The zero-order valence-electron chi connectivity index (χ0n) is 11.6. The Morgan fingerprint density at radius 3 is 2.37 bits per heavy atom. The molecular weight excluding hydrogens is 236 g/mol. The van der Waals surface area contributed by atoms with E-state index in [0.29, 0.717) is 17.9 Å². The second-order valence-corrected chi connectivity index (χ2v) is 4.54. The first-order valence-corrected chi connectivity index (χ1v) is 6.47. The van der Waals surface area contributed by atoms with E-state index in [4.69, 9.17) is 4.74 Å². The summed E-state index contributed by atoms with van der Waals surface area (Å²) in [4.78, 5) is 11.7. The minimum atomic E-state index is 0.0254. The van der Waals surface area contributed by atoms with Crippen molar-refractivity contribution in [2.75, 3.05) is 6.61 Å². The Kier molecular flexibility index (Phi) is 4.00. The largest absolute Gasteiger partial charge is 0.492 e. The highest BCUT2D eigenvalue weighted by Gasteiger charge is 2.14. The number of Topliss-reactive ketones (excluding diaryl/α,β-unsaturated/α-hetero) is 1. The molecule has 0 atom stereocenters. The van der Waals surface area contributed by atoms with Crippen molar-refractivity contribution >= 4 is 5.78 Å². The van der Waals surface area contributed by atoms with Gasteiger partial charge in [-0.25, -0.2) is 0 Å². The molecule has 0 fully saturated rings. The van der Waals surface area contributed by atoms with Crippen molar-refractivity contribution < 1.29 is 9.53 Å². The lowest BCUT2D eigenvalue weighted by Gasteiger charge is -2.14. The summed E-state index contributed by atoms with van der Waals surface area (Å²) >= 11 is 0. The standard InChI is InChI=1S/C17H18O2/c1-4-19-17-15(13(3)18)6-5-7-16(17)14-10-8-12(2)9-11-14/h5-11H,4H2,1-3H3. The number of benzene rings is 2. The zero-order chi connectivity index (χ0) is 13.8. The van der Waals surface area contributed by atoms with Crippen LogP contribution in [-0.4, -0.2) is 12.4 Å². The molecule has 0 aliphatic rings. The van der Waals surface area contributed by atoms with Crippen LogP contribution < -0.4 is 4.74 Å². The minimum absolute atomic E-state index is 0.0254. The van der Waals surface area contributed by atoms with Gasteiger partial charge in [0.05, 0.1) is 12.2 Å². The summed E-state index contributed by atoms with van der Waals surface area (Å²) in [5, 5.41) is 0. The molecule has 2 nitrogen and oxygen atoms in total. The van der Waals surface area contributed by atoms with Gasteiger partial charge in [0, 0.05) is 5.56 Å². The molecule has 0 amide bonds. The van der Waals surface area contributed by atoms with Crippen molar-refractivity contribution in [3.63, 3.8) is 0 Å². The van der Waals surface area contributed by atoms with E-state index in [1.54, 1.807) is 6.92 Å². The van der Waals surface area contributed by atoms with Gasteiger partial charge in [0.1, 0.15) is 5.75 Å². The molecule has 0 radical (unpaired) electrons. The van der Waals surface area contributed by atoms with Gasteiger partial charge in [0.25, 0.3) is 0 Å². The molecular formula is C17H18O2. The Morgan fingerprint density at radius 2 is 1.79 bits per heavy atom. The lowest BCUT2D eigenvalue weighted by Crippen LogP contribution is -2.02. The smallest absolute Gasteiger partial charge is 0.163 e. The SMILES string of the molecule is CCOc1c(C(C)=O)cccc1-c1ccc(C)cc1. The number of carbonyl (C=O) groups excluding carboxylic acids is 1. The summed E-state index contributed by atoms with van der Waals surface area (Å²) in [7, 11) is 0. The molecule has 0 aromatic heterocycles. The fourth-order valence-electron chi connectivity index (χ4n) is 2.07. The highest BCUT2D eigenvalue weighted by atomic mass is 16.5. The molecule has 0 aliphatic carbocycles. The number of rotatable bonds is 4. The molecule has 0 spiro atoms. The monoisotopic (exact) mass is 254 g/mol. The number of carbonyl (C=O) groups is 1. The molecule has 19 heavy (non-hydrogen) atoms. The van der Waals surface area contributed by atoms with Crippen LogP contribution in [0.2, 0.25) is 0 Å². The number of hydrogen-bond acceptors (Lipinski definition) is 2. The van der Waals surface area contributed by atoms with Gasteiger partial charge in [-0.05, 0) is 32.4 Å². The van der Waals surface area contributed by atoms with E-state index in [1.807, 2.05) is 25.1 Å². The number of ketones is 1. The first-order valence-electron chi connectivity index (χ1n) is 6.47. The normalized spacial score (nSPS) is 10.3. The third-order valence-corrected chi connectivity index (χ3v) is 3.05. The molecule has 0 N–H and O–H groups in total. The van der Waals surface area contributed by atoms with E-state index < -0.39 is 0 Å². The van der Waals surface area contributed by atoms with Gasteiger partial charge in [-0.2, -0.15) is 0 Å². The topological polar surface area (TPSA) is 26.3 Å². The Morgan fingerprint density at radius 1 is 1.11 bits per heavy atom. The number of para-hydroxylation sites is 1. The molecule has 0 aliphatic heterocycles. The maximum absolute atomic E-state index is 11.7. The quantitative estimate of drug-likeness (QED) is 0.762. The van der Waals surface area contributed by atoms with Crippen molar-refractivity contribution in [2.24, 2.45) is 0 Å². The Bertz CT molecular complexity index is 583. The van der Waals surface area contributed by atoms with Gasteiger partial charge in [-0.3, -0.25) is 4.79 Å². The summed E-state index contributed by atoms with van der Waals surface area (Å²) in [5.74, 6) is 0.707. The predicted octanol–water partition coefficient (Wildman–Crippen LogP) is 4.26. The zero-order valence-corrected chi connectivity index (χ0v) is 11.6.